The molecule has 6 heteroatoms. The molecule has 1 N–H and O–H groups in total. The summed E-state index contributed by atoms with van der Waals surface area (Å²) in [6.45, 7) is 2.99. The Labute approximate surface area is 106 Å². The van der Waals surface area contributed by atoms with Crippen LogP contribution in [0.1, 0.15) is 26.2 Å². The van der Waals surface area contributed by atoms with E-state index in [2.05, 4.69) is 5.10 Å². The van der Waals surface area contributed by atoms with Gasteiger partial charge < -0.3 is 10.0 Å². The van der Waals surface area contributed by atoms with E-state index in [9.17, 15) is 14.7 Å². The number of aliphatic hydroxyl groups excluding tert-OH is 1. The van der Waals surface area contributed by atoms with Crippen LogP contribution in [-0.2, 0) is 9.59 Å². The maximum Gasteiger partial charge on any atom is 0.270 e. The molecule has 0 bridgehead atoms. The third-order valence-electron chi connectivity index (χ3n) is 3.65. The van der Waals surface area contributed by atoms with Crippen molar-refractivity contribution in [3.05, 3.63) is 0 Å². The van der Waals surface area contributed by atoms with Gasteiger partial charge in [-0.1, -0.05) is 0 Å². The van der Waals surface area contributed by atoms with Crippen LogP contribution in [0.5, 0.6) is 0 Å². The number of nitrogens with zero attached hydrogens (tertiary/aromatic N) is 3. The van der Waals surface area contributed by atoms with Crippen LogP contribution >= 0.6 is 0 Å². The molecule has 0 aliphatic carbocycles. The second kappa shape index (κ2) is 5.06. The Kier molecular flexibility index (Phi) is 3.65. The Morgan fingerprint density at radius 2 is 2.22 bits per heavy atom. The molecule has 2 heterocycles. The van der Waals surface area contributed by atoms with Crippen LogP contribution in [0.3, 0.4) is 0 Å². The fourth-order valence-electron chi connectivity index (χ4n) is 2.37. The zero-order chi connectivity index (χ0) is 13.3. The maximum atomic E-state index is 12.2. The summed E-state index contributed by atoms with van der Waals surface area (Å²) in [7, 11) is 1.57. The van der Waals surface area contributed by atoms with Crippen LogP contribution in [-0.4, -0.2) is 58.8 Å². The van der Waals surface area contributed by atoms with Crippen molar-refractivity contribution in [2.75, 3.05) is 20.1 Å². The van der Waals surface area contributed by atoms with Gasteiger partial charge in [0.1, 0.15) is 5.71 Å². The van der Waals surface area contributed by atoms with Crippen LogP contribution in [0.2, 0.25) is 0 Å². The molecule has 2 atom stereocenters. The fraction of sp³-hybridized carbons (Fsp3) is 0.750. The summed E-state index contributed by atoms with van der Waals surface area (Å²) in [5, 5.41) is 14.8. The number of carbonyl (C=O) groups is 2. The second-order valence-corrected chi connectivity index (χ2v) is 5.00. The van der Waals surface area contributed by atoms with Crippen molar-refractivity contribution in [2.45, 2.75) is 32.3 Å². The van der Waals surface area contributed by atoms with E-state index in [0.29, 0.717) is 31.6 Å². The third kappa shape index (κ3) is 2.53. The van der Waals surface area contributed by atoms with E-state index in [1.54, 1.807) is 18.9 Å². The first-order chi connectivity index (χ1) is 8.49. The van der Waals surface area contributed by atoms with E-state index < -0.39 is 0 Å². The zero-order valence-electron chi connectivity index (χ0n) is 10.8. The van der Waals surface area contributed by atoms with Gasteiger partial charge in [0.25, 0.3) is 5.91 Å². The van der Waals surface area contributed by atoms with Crippen molar-refractivity contribution in [3.63, 3.8) is 0 Å². The summed E-state index contributed by atoms with van der Waals surface area (Å²) < 4.78 is 0. The average molecular weight is 253 g/mol. The van der Waals surface area contributed by atoms with Gasteiger partial charge in [0, 0.05) is 38.9 Å². The Hall–Kier alpha value is -1.43. The van der Waals surface area contributed by atoms with E-state index >= 15 is 0 Å². The highest BCUT2D eigenvalue weighted by molar-refractivity contribution is 6.39. The number of rotatable bonds is 2. The average Bonchev–Trinajstić information content (AvgIpc) is 2.81. The number of hydrazone groups is 1. The van der Waals surface area contributed by atoms with Gasteiger partial charge in [-0.25, -0.2) is 5.01 Å². The lowest BCUT2D eigenvalue weighted by Gasteiger charge is -2.23. The maximum absolute atomic E-state index is 12.2. The summed E-state index contributed by atoms with van der Waals surface area (Å²) in [5.74, 6) is -0.00942. The molecule has 0 spiro atoms. The summed E-state index contributed by atoms with van der Waals surface area (Å²) in [4.78, 5) is 25.2. The molecule has 2 aliphatic rings. The van der Waals surface area contributed by atoms with E-state index in [1.165, 1.54) is 5.01 Å². The fourth-order valence-corrected chi connectivity index (χ4v) is 2.37. The molecule has 0 aromatic heterocycles. The van der Waals surface area contributed by atoms with Crippen molar-refractivity contribution in [1.82, 2.24) is 9.91 Å². The summed E-state index contributed by atoms with van der Waals surface area (Å²) in [6.07, 6.45) is 1.19. The highest BCUT2D eigenvalue weighted by atomic mass is 16.3. The van der Waals surface area contributed by atoms with Crippen molar-refractivity contribution in [3.8, 4) is 0 Å². The number of likely N-dealkylation sites (tertiary alicyclic amines) is 1. The van der Waals surface area contributed by atoms with Gasteiger partial charge in [-0.15, -0.1) is 0 Å². The lowest BCUT2D eigenvalue weighted by molar-refractivity contribution is -0.130. The SMILES string of the molecule is CC(O)C1CCN(C(=O)C2=NN(C)C(=O)CC2)C1. The van der Waals surface area contributed by atoms with Crippen LogP contribution in [0.4, 0.5) is 0 Å². The Balaban J connectivity index is 2.01. The van der Waals surface area contributed by atoms with Gasteiger partial charge in [-0.2, -0.15) is 5.10 Å². The second-order valence-electron chi connectivity index (χ2n) is 5.00. The molecule has 2 aliphatic heterocycles. The molecule has 0 aromatic carbocycles. The van der Waals surface area contributed by atoms with Crippen LogP contribution < -0.4 is 0 Å². The van der Waals surface area contributed by atoms with E-state index in [4.69, 9.17) is 0 Å². The highest BCUT2D eigenvalue weighted by Gasteiger charge is 2.32. The molecular weight excluding hydrogens is 234 g/mol. The van der Waals surface area contributed by atoms with Gasteiger partial charge in [-0.3, -0.25) is 9.59 Å². The summed E-state index contributed by atoms with van der Waals surface area (Å²) in [5.41, 5.74) is 0.448. The van der Waals surface area contributed by atoms with E-state index in [-0.39, 0.29) is 23.8 Å². The van der Waals surface area contributed by atoms with Gasteiger partial charge in [0.05, 0.1) is 6.10 Å². The largest absolute Gasteiger partial charge is 0.393 e. The van der Waals surface area contributed by atoms with Crippen LogP contribution in [0.25, 0.3) is 0 Å². The summed E-state index contributed by atoms with van der Waals surface area (Å²) in [6, 6.07) is 0. The Bertz CT molecular complexity index is 392. The number of hydrogen-bond acceptors (Lipinski definition) is 4. The number of amides is 2. The van der Waals surface area contributed by atoms with Gasteiger partial charge >= 0.3 is 0 Å². The minimum absolute atomic E-state index is 0.0603. The smallest absolute Gasteiger partial charge is 0.270 e. The molecule has 100 valence electrons. The predicted molar refractivity (Wildman–Crippen MR) is 65.8 cm³/mol. The molecule has 0 saturated carbocycles. The number of carbonyl (C=O) groups excluding carboxylic acids is 2. The highest BCUT2D eigenvalue weighted by Crippen LogP contribution is 2.21. The van der Waals surface area contributed by atoms with Gasteiger partial charge in [0.15, 0.2) is 0 Å². The monoisotopic (exact) mass is 253 g/mol. The normalized spacial score (nSPS) is 26.3. The Morgan fingerprint density at radius 1 is 1.50 bits per heavy atom. The summed E-state index contributed by atoms with van der Waals surface area (Å²) >= 11 is 0. The van der Waals surface area contributed by atoms with Crippen molar-refractivity contribution in [2.24, 2.45) is 11.0 Å². The van der Waals surface area contributed by atoms with Crippen LogP contribution in [0, 0.1) is 5.92 Å². The molecular formula is C12H19N3O3. The molecule has 18 heavy (non-hydrogen) atoms. The topological polar surface area (TPSA) is 73.2 Å². The first-order valence-electron chi connectivity index (χ1n) is 6.30. The predicted octanol–water partition coefficient (Wildman–Crippen LogP) is -0.176. The minimum Gasteiger partial charge on any atom is -0.393 e. The lowest BCUT2D eigenvalue weighted by Crippen LogP contribution is -2.40. The molecule has 0 aromatic rings. The lowest BCUT2D eigenvalue weighted by atomic mass is 10.0. The Morgan fingerprint density at radius 3 is 2.78 bits per heavy atom. The van der Waals surface area contributed by atoms with E-state index in [0.717, 1.165) is 6.42 Å². The van der Waals surface area contributed by atoms with Crippen molar-refractivity contribution >= 4 is 17.5 Å². The molecule has 1 fully saturated rings. The molecule has 0 radical (unpaired) electrons. The van der Waals surface area contributed by atoms with Crippen molar-refractivity contribution in [1.29, 1.82) is 0 Å². The minimum atomic E-state index is -0.389. The molecule has 2 amide bonds. The van der Waals surface area contributed by atoms with Gasteiger partial charge in [0.2, 0.25) is 5.91 Å². The van der Waals surface area contributed by atoms with Crippen molar-refractivity contribution < 1.29 is 14.7 Å². The molecule has 2 rings (SSSR count). The number of hydrogen-bond donors (Lipinski definition) is 1. The molecule has 2 unspecified atom stereocenters. The van der Waals surface area contributed by atoms with Crippen LogP contribution in [0.15, 0.2) is 5.10 Å². The third-order valence-corrected chi connectivity index (χ3v) is 3.65. The molecule has 1 saturated heterocycles. The number of aliphatic hydroxyl groups is 1. The molecule has 6 nitrogen and oxygen atoms in total. The van der Waals surface area contributed by atoms with E-state index in [1.807, 2.05) is 0 Å². The quantitative estimate of drug-likeness (QED) is 0.742. The first-order valence-corrected chi connectivity index (χ1v) is 6.30. The first kappa shape index (κ1) is 13.0. The standard InChI is InChI=1S/C12H19N3O3/c1-8(16)9-5-6-15(7-9)12(18)10-3-4-11(17)14(2)13-10/h8-9,16H,3-7H2,1-2H3. The zero-order valence-corrected chi connectivity index (χ0v) is 10.8. The van der Waals surface area contributed by atoms with Gasteiger partial charge in [-0.05, 0) is 13.3 Å².